The Balaban J connectivity index is 1.70. The second-order valence-electron chi connectivity index (χ2n) is 5.27. The summed E-state index contributed by atoms with van der Waals surface area (Å²) < 4.78 is 28.2. The Morgan fingerprint density at radius 1 is 1.00 bits per heavy atom. The summed E-state index contributed by atoms with van der Waals surface area (Å²) in [5, 5.41) is 10.0. The number of nitrogens with one attached hydrogen (secondary N) is 1. The average molecular weight is 410 g/mol. The van der Waals surface area contributed by atoms with Crippen LogP contribution in [0.2, 0.25) is 10.0 Å². The SMILES string of the molecule is NS(=O)(=O)c1ccc(-c2ccc(/C=N\Nc3ccc(Cl)c(Cl)c3)o2)cc1. The van der Waals surface area contributed by atoms with Crippen molar-refractivity contribution in [2.24, 2.45) is 10.2 Å². The Morgan fingerprint density at radius 3 is 2.38 bits per heavy atom. The van der Waals surface area contributed by atoms with Gasteiger partial charge in [0.2, 0.25) is 10.0 Å². The highest BCUT2D eigenvalue weighted by Crippen LogP contribution is 2.25. The Morgan fingerprint density at radius 2 is 1.73 bits per heavy atom. The van der Waals surface area contributed by atoms with E-state index in [4.69, 9.17) is 32.8 Å². The molecule has 134 valence electrons. The van der Waals surface area contributed by atoms with Gasteiger partial charge in [-0.2, -0.15) is 5.10 Å². The van der Waals surface area contributed by atoms with Gasteiger partial charge in [-0.1, -0.05) is 23.2 Å². The Labute approximate surface area is 160 Å². The maximum Gasteiger partial charge on any atom is 0.238 e. The van der Waals surface area contributed by atoms with Crippen LogP contribution < -0.4 is 10.6 Å². The fraction of sp³-hybridized carbons (Fsp3) is 0. The van der Waals surface area contributed by atoms with Crippen molar-refractivity contribution in [3.05, 3.63) is 70.4 Å². The first-order valence-corrected chi connectivity index (χ1v) is 9.60. The van der Waals surface area contributed by atoms with E-state index in [0.29, 0.717) is 27.3 Å². The second-order valence-corrected chi connectivity index (χ2v) is 7.65. The van der Waals surface area contributed by atoms with Crippen LogP contribution in [0.5, 0.6) is 0 Å². The molecule has 2 aromatic carbocycles. The van der Waals surface area contributed by atoms with Crippen molar-refractivity contribution in [2.75, 3.05) is 5.43 Å². The smallest absolute Gasteiger partial charge is 0.238 e. The number of sulfonamides is 1. The molecule has 3 aromatic rings. The summed E-state index contributed by atoms with van der Waals surface area (Å²) >= 11 is 11.8. The molecule has 0 atom stereocenters. The first-order valence-electron chi connectivity index (χ1n) is 7.30. The van der Waals surface area contributed by atoms with Gasteiger partial charge in [-0.25, -0.2) is 13.6 Å². The quantitative estimate of drug-likeness (QED) is 0.483. The highest BCUT2D eigenvalue weighted by atomic mass is 35.5. The third-order valence-corrected chi connectivity index (χ3v) is 5.07. The van der Waals surface area contributed by atoms with Crippen LogP contribution in [0.4, 0.5) is 5.69 Å². The van der Waals surface area contributed by atoms with Crippen molar-refractivity contribution in [2.45, 2.75) is 4.90 Å². The normalized spacial score (nSPS) is 11.8. The molecule has 0 saturated heterocycles. The molecule has 0 radical (unpaired) electrons. The van der Waals surface area contributed by atoms with E-state index in [1.807, 2.05) is 0 Å². The van der Waals surface area contributed by atoms with Crippen molar-refractivity contribution in [1.29, 1.82) is 0 Å². The summed E-state index contributed by atoms with van der Waals surface area (Å²) in [6.45, 7) is 0. The summed E-state index contributed by atoms with van der Waals surface area (Å²) in [4.78, 5) is 0.0421. The molecule has 0 saturated carbocycles. The number of hydrogen-bond acceptors (Lipinski definition) is 5. The summed E-state index contributed by atoms with van der Waals surface area (Å²) in [6.07, 6.45) is 1.50. The molecule has 0 aliphatic rings. The van der Waals surface area contributed by atoms with E-state index in [1.165, 1.54) is 18.3 Å². The van der Waals surface area contributed by atoms with Gasteiger partial charge in [0.1, 0.15) is 11.5 Å². The number of nitrogens with zero attached hydrogens (tertiary/aromatic N) is 1. The Bertz CT molecular complexity index is 1060. The monoisotopic (exact) mass is 409 g/mol. The van der Waals surface area contributed by atoms with Crippen LogP contribution in [0.25, 0.3) is 11.3 Å². The van der Waals surface area contributed by atoms with Gasteiger partial charge in [0.25, 0.3) is 0 Å². The van der Waals surface area contributed by atoms with Crippen molar-refractivity contribution < 1.29 is 12.8 Å². The molecule has 0 aliphatic heterocycles. The van der Waals surface area contributed by atoms with Gasteiger partial charge in [-0.05, 0) is 54.6 Å². The first kappa shape index (κ1) is 18.5. The predicted molar refractivity (Wildman–Crippen MR) is 103 cm³/mol. The van der Waals surface area contributed by atoms with Crippen LogP contribution in [0.15, 0.2) is 69.0 Å². The van der Waals surface area contributed by atoms with E-state index >= 15 is 0 Å². The maximum atomic E-state index is 11.3. The van der Waals surface area contributed by atoms with E-state index in [-0.39, 0.29) is 4.90 Å². The van der Waals surface area contributed by atoms with Gasteiger partial charge in [-0.15, -0.1) is 0 Å². The third kappa shape index (κ3) is 4.44. The third-order valence-electron chi connectivity index (χ3n) is 3.40. The molecule has 1 aromatic heterocycles. The lowest BCUT2D eigenvalue weighted by Gasteiger charge is -2.01. The lowest BCUT2D eigenvalue weighted by Crippen LogP contribution is -2.11. The maximum absolute atomic E-state index is 11.3. The summed E-state index contributed by atoms with van der Waals surface area (Å²) in [6, 6.07) is 14.6. The van der Waals surface area contributed by atoms with Crippen LogP contribution in [-0.4, -0.2) is 14.6 Å². The Kier molecular flexibility index (Phi) is 5.33. The number of halogens is 2. The number of primary sulfonamides is 1. The zero-order valence-electron chi connectivity index (χ0n) is 13.2. The van der Waals surface area contributed by atoms with Gasteiger partial charge in [-0.3, -0.25) is 5.43 Å². The van der Waals surface area contributed by atoms with Crippen LogP contribution in [0.1, 0.15) is 5.76 Å². The second kappa shape index (κ2) is 7.51. The minimum absolute atomic E-state index is 0.0421. The number of benzene rings is 2. The standard InChI is InChI=1S/C17H13Cl2N3O3S/c18-15-7-3-12(9-16(15)19)22-21-10-13-4-8-17(25-13)11-1-5-14(6-2-11)26(20,23)24/h1-10,22H,(H2,20,23,24)/b21-10-. The highest BCUT2D eigenvalue weighted by Gasteiger charge is 2.09. The van der Waals surface area contributed by atoms with E-state index in [0.717, 1.165) is 5.56 Å². The number of furan rings is 1. The zero-order chi connectivity index (χ0) is 18.7. The van der Waals surface area contributed by atoms with E-state index in [9.17, 15) is 8.42 Å². The fourth-order valence-corrected chi connectivity index (χ4v) is 2.94. The summed E-state index contributed by atoms with van der Waals surface area (Å²) in [5.74, 6) is 1.09. The van der Waals surface area contributed by atoms with Gasteiger partial charge < -0.3 is 4.42 Å². The molecule has 9 heteroatoms. The minimum atomic E-state index is -3.72. The van der Waals surface area contributed by atoms with Crippen LogP contribution in [0.3, 0.4) is 0 Å². The van der Waals surface area contributed by atoms with Crippen molar-refractivity contribution in [3.8, 4) is 11.3 Å². The van der Waals surface area contributed by atoms with Gasteiger partial charge in [0.15, 0.2) is 0 Å². The molecule has 0 spiro atoms. The van der Waals surface area contributed by atoms with Gasteiger partial charge >= 0.3 is 0 Å². The molecule has 3 N–H and O–H groups in total. The average Bonchev–Trinajstić information content (AvgIpc) is 3.06. The molecule has 0 fully saturated rings. The molecule has 0 amide bonds. The number of hydrazone groups is 1. The number of anilines is 1. The van der Waals surface area contributed by atoms with Crippen molar-refractivity contribution in [1.82, 2.24) is 0 Å². The van der Waals surface area contributed by atoms with Gasteiger partial charge in [0.05, 0.1) is 26.8 Å². The predicted octanol–water partition coefficient (Wildman–Crippen LogP) is 4.35. The summed E-state index contributed by atoms with van der Waals surface area (Å²) in [5.41, 5.74) is 4.22. The molecular weight excluding hydrogens is 397 g/mol. The van der Waals surface area contributed by atoms with Crippen LogP contribution in [0, 0.1) is 0 Å². The van der Waals surface area contributed by atoms with Crippen molar-refractivity contribution >= 4 is 45.1 Å². The zero-order valence-corrected chi connectivity index (χ0v) is 15.5. The molecule has 0 bridgehead atoms. The van der Waals surface area contributed by atoms with Gasteiger partial charge in [0, 0.05) is 5.56 Å². The molecule has 1 heterocycles. The lowest BCUT2D eigenvalue weighted by molar-refractivity contribution is 0.575. The molecule has 3 rings (SSSR count). The number of rotatable bonds is 5. The molecular formula is C17H13Cl2N3O3S. The highest BCUT2D eigenvalue weighted by molar-refractivity contribution is 7.89. The summed E-state index contributed by atoms with van der Waals surface area (Å²) in [7, 11) is -3.72. The van der Waals surface area contributed by atoms with Crippen LogP contribution >= 0.6 is 23.2 Å². The number of nitrogens with two attached hydrogens (primary N) is 1. The fourth-order valence-electron chi connectivity index (χ4n) is 2.12. The van der Waals surface area contributed by atoms with Crippen molar-refractivity contribution in [3.63, 3.8) is 0 Å². The topological polar surface area (TPSA) is 97.7 Å². The van der Waals surface area contributed by atoms with Crippen LogP contribution in [-0.2, 0) is 10.0 Å². The minimum Gasteiger partial charge on any atom is -0.455 e. The first-order chi connectivity index (χ1) is 12.3. The molecule has 0 unspecified atom stereocenters. The van der Waals surface area contributed by atoms with E-state index < -0.39 is 10.0 Å². The lowest BCUT2D eigenvalue weighted by atomic mass is 10.2. The largest absolute Gasteiger partial charge is 0.455 e. The van der Waals surface area contributed by atoms with E-state index in [2.05, 4.69) is 10.5 Å². The molecule has 26 heavy (non-hydrogen) atoms. The Hall–Kier alpha value is -2.32. The number of hydrogen-bond donors (Lipinski definition) is 2. The molecule has 6 nitrogen and oxygen atoms in total. The van der Waals surface area contributed by atoms with E-state index in [1.54, 1.807) is 42.5 Å². The molecule has 0 aliphatic carbocycles.